The van der Waals surface area contributed by atoms with Crippen LogP contribution in [0, 0.1) is 5.92 Å². The van der Waals surface area contributed by atoms with Crippen molar-refractivity contribution in [2.45, 2.75) is 6.42 Å². The molecule has 1 aromatic rings. The first-order valence-corrected chi connectivity index (χ1v) is 5.79. The second-order valence-corrected chi connectivity index (χ2v) is 4.54. The lowest BCUT2D eigenvalue weighted by molar-refractivity contribution is -0.121. The Hall–Kier alpha value is -1.55. The predicted molar refractivity (Wildman–Crippen MR) is 66.4 cm³/mol. The van der Waals surface area contributed by atoms with Gasteiger partial charge in [0.25, 0.3) is 0 Å². The van der Waals surface area contributed by atoms with Crippen molar-refractivity contribution in [2.24, 2.45) is 11.7 Å². The van der Waals surface area contributed by atoms with Crippen molar-refractivity contribution in [3.8, 4) is 0 Å². The summed E-state index contributed by atoms with van der Waals surface area (Å²) in [5.74, 6) is -0.460. The number of amides is 1. The van der Waals surface area contributed by atoms with Crippen LogP contribution < -0.4 is 10.6 Å². The number of hydrogen-bond acceptors (Lipinski definition) is 3. The van der Waals surface area contributed by atoms with E-state index in [4.69, 9.17) is 17.3 Å². The molecule has 1 fully saturated rings. The Morgan fingerprint density at radius 1 is 1.53 bits per heavy atom. The molecular weight excluding hydrogens is 240 g/mol. The third-order valence-corrected chi connectivity index (χ3v) is 3.36. The molecule has 1 aliphatic heterocycles. The monoisotopic (exact) mass is 252 g/mol. The van der Waals surface area contributed by atoms with Crippen molar-refractivity contribution in [2.75, 3.05) is 18.0 Å². The number of para-hydroxylation sites is 1. The maximum atomic E-state index is 11.1. The minimum Gasteiger partial charge on any atom is -0.369 e. The first kappa shape index (κ1) is 11.9. The van der Waals surface area contributed by atoms with Gasteiger partial charge in [-0.05, 0) is 18.6 Å². The third kappa shape index (κ3) is 2.26. The Balaban J connectivity index is 2.30. The predicted octanol–water partition coefficient (Wildman–Crippen LogP) is 1.46. The van der Waals surface area contributed by atoms with Gasteiger partial charge in [0.2, 0.25) is 5.91 Å². The second-order valence-electron chi connectivity index (χ2n) is 4.13. The number of primary amides is 1. The topological polar surface area (TPSA) is 63.4 Å². The molecule has 1 saturated heterocycles. The van der Waals surface area contributed by atoms with E-state index in [1.165, 1.54) is 0 Å². The molecule has 4 nitrogen and oxygen atoms in total. The molecule has 0 bridgehead atoms. The van der Waals surface area contributed by atoms with E-state index < -0.39 is 0 Å². The van der Waals surface area contributed by atoms with Crippen molar-refractivity contribution in [1.82, 2.24) is 0 Å². The van der Waals surface area contributed by atoms with Crippen molar-refractivity contribution in [3.05, 3.63) is 28.8 Å². The Bertz CT molecular complexity index is 462. The summed E-state index contributed by atoms with van der Waals surface area (Å²) < 4.78 is 0. The van der Waals surface area contributed by atoms with E-state index in [1.54, 1.807) is 18.2 Å². The lowest BCUT2D eigenvalue weighted by Gasteiger charge is -2.21. The number of benzene rings is 1. The molecule has 2 rings (SSSR count). The second kappa shape index (κ2) is 4.75. The fourth-order valence-corrected chi connectivity index (χ4v) is 2.46. The van der Waals surface area contributed by atoms with E-state index in [1.807, 2.05) is 4.90 Å². The summed E-state index contributed by atoms with van der Waals surface area (Å²) in [7, 11) is 0. The largest absolute Gasteiger partial charge is 0.369 e. The van der Waals surface area contributed by atoms with Gasteiger partial charge in [-0.2, -0.15) is 0 Å². The molecule has 1 heterocycles. The normalized spacial score (nSPS) is 19.4. The van der Waals surface area contributed by atoms with Crippen LogP contribution in [0.15, 0.2) is 18.2 Å². The number of carbonyl (C=O) groups excluding carboxylic acids is 2. The van der Waals surface area contributed by atoms with Gasteiger partial charge in [-0.15, -0.1) is 0 Å². The molecule has 0 saturated carbocycles. The van der Waals surface area contributed by atoms with Crippen molar-refractivity contribution in [1.29, 1.82) is 0 Å². The summed E-state index contributed by atoms with van der Waals surface area (Å²) in [6, 6.07) is 5.19. The van der Waals surface area contributed by atoms with Gasteiger partial charge in [-0.3, -0.25) is 9.59 Å². The maximum Gasteiger partial charge on any atom is 0.222 e. The van der Waals surface area contributed by atoms with Crippen LogP contribution in [0.4, 0.5) is 5.69 Å². The minimum absolute atomic E-state index is 0.161. The Kier molecular flexibility index (Phi) is 3.33. The minimum atomic E-state index is -0.299. The number of nitrogens with two attached hydrogens (primary N) is 1. The number of rotatable bonds is 3. The van der Waals surface area contributed by atoms with Crippen LogP contribution in [0.25, 0.3) is 0 Å². The van der Waals surface area contributed by atoms with E-state index in [0.717, 1.165) is 6.29 Å². The lowest BCUT2D eigenvalue weighted by atomic mass is 10.1. The average Bonchev–Trinajstić information content (AvgIpc) is 2.77. The van der Waals surface area contributed by atoms with E-state index in [2.05, 4.69) is 0 Å². The van der Waals surface area contributed by atoms with Crippen LogP contribution >= 0.6 is 11.6 Å². The molecule has 0 spiro atoms. The van der Waals surface area contributed by atoms with Crippen LogP contribution in [-0.2, 0) is 4.79 Å². The third-order valence-electron chi connectivity index (χ3n) is 3.05. The highest BCUT2D eigenvalue weighted by atomic mass is 35.5. The van der Waals surface area contributed by atoms with Gasteiger partial charge in [-0.1, -0.05) is 17.7 Å². The number of halogens is 1. The Morgan fingerprint density at radius 3 is 2.88 bits per heavy atom. The van der Waals surface area contributed by atoms with Crippen LogP contribution in [0.3, 0.4) is 0 Å². The summed E-state index contributed by atoms with van der Waals surface area (Å²) in [5, 5.41) is 0.528. The van der Waals surface area contributed by atoms with Gasteiger partial charge in [0.1, 0.15) is 0 Å². The van der Waals surface area contributed by atoms with Crippen molar-refractivity contribution in [3.63, 3.8) is 0 Å². The Morgan fingerprint density at radius 2 is 2.29 bits per heavy atom. The first-order chi connectivity index (χ1) is 8.13. The molecule has 1 atom stereocenters. The van der Waals surface area contributed by atoms with Crippen LogP contribution in [-0.4, -0.2) is 25.3 Å². The molecule has 2 N–H and O–H groups in total. The molecule has 17 heavy (non-hydrogen) atoms. The van der Waals surface area contributed by atoms with Gasteiger partial charge in [0.05, 0.1) is 16.6 Å². The van der Waals surface area contributed by atoms with Crippen molar-refractivity contribution >= 4 is 29.5 Å². The lowest BCUT2D eigenvalue weighted by Crippen LogP contribution is -2.27. The molecule has 1 amide bonds. The number of carbonyl (C=O) groups is 2. The average molecular weight is 253 g/mol. The van der Waals surface area contributed by atoms with Crippen LogP contribution in [0.1, 0.15) is 16.8 Å². The van der Waals surface area contributed by atoms with Gasteiger partial charge < -0.3 is 10.6 Å². The number of aldehydes is 1. The zero-order chi connectivity index (χ0) is 12.4. The zero-order valence-electron chi connectivity index (χ0n) is 9.23. The number of hydrogen-bond donors (Lipinski definition) is 1. The smallest absolute Gasteiger partial charge is 0.222 e. The van der Waals surface area contributed by atoms with Crippen molar-refractivity contribution < 1.29 is 9.59 Å². The molecule has 1 unspecified atom stereocenters. The van der Waals surface area contributed by atoms with E-state index in [9.17, 15) is 9.59 Å². The SMILES string of the molecule is NC(=O)C1CCN(c2c(Cl)cccc2C=O)C1. The zero-order valence-corrected chi connectivity index (χ0v) is 9.98. The fraction of sp³-hybridized carbons (Fsp3) is 0.333. The molecule has 1 aliphatic rings. The molecule has 0 aliphatic carbocycles. The van der Waals surface area contributed by atoms with Gasteiger partial charge >= 0.3 is 0 Å². The highest BCUT2D eigenvalue weighted by molar-refractivity contribution is 6.34. The molecular formula is C12H13ClN2O2. The van der Waals surface area contributed by atoms with E-state index in [0.29, 0.717) is 35.8 Å². The highest BCUT2D eigenvalue weighted by Gasteiger charge is 2.28. The summed E-state index contributed by atoms with van der Waals surface area (Å²) >= 11 is 6.10. The number of anilines is 1. The summed E-state index contributed by atoms with van der Waals surface area (Å²) in [4.78, 5) is 24.0. The van der Waals surface area contributed by atoms with Gasteiger partial charge in [-0.25, -0.2) is 0 Å². The quantitative estimate of drug-likeness (QED) is 0.829. The Labute approximate surface area is 104 Å². The summed E-state index contributed by atoms with van der Waals surface area (Å²) in [6.45, 7) is 1.22. The fourth-order valence-electron chi connectivity index (χ4n) is 2.16. The van der Waals surface area contributed by atoms with Crippen LogP contribution in [0.5, 0.6) is 0 Å². The first-order valence-electron chi connectivity index (χ1n) is 5.41. The molecule has 1 aromatic carbocycles. The highest BCUT2D eigenvalue weighted by Crippen LogP contribution is 2.32. The molecule has 0 radical (unpaired) electrons. The molecule has 90 valence electrons. The van der Waals surface area contributed by atoms with Gasteiger partial charge in [0.15, 0.2) is 6.29 Å². The summed E-state index contributed by atoms with van der Waals surface area (Å²) in [6.07, 6.45) is 1.48. The van der Waals surface area contributed by atoms with Crippen LogP contribution in [0.2, 0.25) is 5.02 Å². The summed E-state index contributed by atoms with van der Waals surface area (Å²) in [5.41, 5.74) is 6.52. The molecule has 0 aromatic heterocycles. The van der Waals surface area contributed by atoms with Gasteiger partial charge in [0, 0.05) is 18.7 Å². The maximum absolute atomic E-state index is 11.1. The van der Waals surface area contributed by atoms with E-state index in [-0.39, 0.29) is 11.8 Å². The molecule has 5 heteroatoms. The standard InChI is InChI=1S/C12H13ClN2O2/c13-10-3-1-2-9(7-16)11(10)15-5-4-8(6-15)12(14)17/h1-3,7-8H,4-6H2,(H2,14,17). The number of nitrogens with zero attached hydrogens (tertiary/aromatic N) is 1. The van der Waals surface area contributed by atoms with E-state index >= 15 is 0 Å².